The first kappa shape index (κ1) is 16.1. The van der Waals surface area contributed by atoms with Crippen molar-refractivity contribution in [3.05, 3.63) is 40.4 Å². The number of rotatable bonds is 3. The monoisotopic (exact) mass is 318 g/mol. The maximum atomic E-state index is 13.5. The molecule has 0 radical (unpaired) electrons. The molecule has 1 saturated heterocycles. The second-order valence-electron chi connectivity index (χ2n) is 4.65. The quantitative estimate of drug-likeness (QED) is 0.281. The third-order valence-corrected chi connectivity index (χ3v) is 3.17. The number of carbonyl (C=O) groups excluding carboxylic acids is 1. The first-order valence-corrected chi connectivity index (χ1v) is 6.11. The molecule has 0 aliphatic carbocycles. The van der Waals surface area contributed by atoms with Gasteiger partial charge in [0.1, 0.15) is 6.61 Å². The highest BCUT2D eigenvalue weighted by molar-refractivity contribution is 6.41. The molecule has 9 heteroatoms. The van der Waals surface area contributed by atoms with Crippen molar-refractivity contribution in [3.63, 3.8) is 0 Å². The van der Waals surface area contributed by atoms with E-state index in [2.05, 4.69) is 14.3 Å². The van der Waals surface area contributed by atoms with E-state index in [0.717, 1.165) is 13.0 Å². The first-order valence-electron chi connectivity index (χ1n) is 6.11. The molecule has 2 rings (SSSR count). The molecule has 1 heterocycles. The number of carbonyl (C=O) groups is 1. The molecule has 1 aliphatic rings. The van der Waals surface area contributed by atoms with Gasteiger partial charge >= 0.3 is 17.6 Å². The zero-order valence-corrected chi connectivity index (χ0v) is 11.3. The van der Waals surface area contributed by atoms with Crippen LogP contribution in [0.15, 0.2) is 12.1 Å². The molecule has 0 N–H and O–H groups in total. The van der Waals surface area contributed by atoms with E-state index >= 15 is 0 Å². The Bertz CT molecular complexity index is 671. The Morgan fingerprint density at radius 2 is 2.14 bits per heavy atom. The van der Waals surface area contributed by atoms with Gasteiger partial charge in [0.15, 0.2) is 17.7 Å². The smallest absolute Gasteiger partial charge is 0.422 e. The van der Waals surface area contributed by atoms with E-state index < -0.39 is 48.6 Å². The molecule has 22 heavy (non-hydrogen) atoms. The van der Waals surface area contributed by atoms with Crippen molar-refractivity contribution in [2.24, 2.45) is 0 Å². The maximum Gasteiger partial charge on any atom is 0.422 e. The molecular formula is C13H10F4N2O3. The Morgan fingerprint density at radius 3 is 2.68 bits per heavy atom. The lowest BCUT2D eigenvalue weighted by atomic mass is 10.0. The lowest BCUT2D eigenvalue weighted by molar-refractivity contribution is -0.160. The third kappa shape index (κ3) is 2.86. The van der Waals surface area contributed by atoms with Gasteiger partial charge in [-0.05, 0) is 19.1 Å². The van der Waals surface area contributed by atoms with E-state index in [4.69, 9.17) is 5.53 Å². The fourth-order valence-corrected chi connectivity index (χ4v) is 1.94. The van der Waals surface area contributed by atoms with E-state index in [9.17, 15) is 22.4 Å². The van der Waals surface area contributed by atoms with Gasteiger partial charge in [0.05, 0.1) is 12.2 Å². The summed E-state index contributed by atoms with van der Waals surface area (Å²) in [6.45, 7) is -0.283. The van der Waals surface area contributed by atoms with E-state index in [1.807, 2.05) is 0 Å². The number of esters is 1. The Labute approximate surface area is 122 Å². The van der Waals surface area contributed by atoms with Gasteiger partial charge in [-0.25, -0.2) is 13.6 Å². The van der Waals surface area contributed by atoms with Crippen molar-refractivity contribution in [1.82, 2.24) is 0 Å². The van der Waals surface area contributed by atoms with Gasteiger partial charge in [0.2, 0.25) is 0 Å². The highest BCUT2D eigenvalue weighted by atomic mass is 19.3. The van der Waals surface area contributed by atoms with Crippen LogP contribution < -0.4 is 0 Å². The molecule has 0 amide bonds. The molecular weight excluding hydrogens is 308 g/mol. The third-order valence-electron chi connectivity index (χ3n) is 3.17. The Hall–Kier alpha value is -2.25. The lowest BCUT2D eigenvalue weighted by Gasteiger charge is -2.16. The van der Waals surface area contributed by atoms with Crippen LogP contribution in [0.4, 0.5) is 17.6 Å². The highest BCUT2D eigenvalue weighted by Gasteiger charge is 2.49. The zero-order chi connectivity index (χ0) is 16.5. The number of nitrogens with zero attached hydrogens (tertiary/aromatic N) is 2. The van der Waals surface area contributed by atoms with Crippen molar-refractivity contribution in [1.29, 1.82) is 0 Å². The van der Waals surface area contributed by atoms with Crippen LogP contribution in [0.3, 0.4) is 0 Å². The SMILES string of the molecule is Cc1c(C(=[N+]=[N-])C(=O)O[C@@H]2COCC2(F)F)ccc(F)c1F. The average Bonchev–Trinajstić information content (AvgIpc) is 2.78. The van der Waals surface area contributed by atoms with E-state index in [-0.39, 0.29) is 11.1 Å². The summed E-state index contributed by atoms with van der Waals surface area (Å²) in [5, 5.41) is 0. The summed E-state index contributed by atoms with van der Waals surface area (Å²) < 4.78 is 62.2. The van der Waals surface area contributed by atoms with Crippen LogP contribution in [0.25, 0.3) is 5.53 Å². The molecule has 0 saturated carbocycles. The molecule has 1 aromatic carbocycles. The standard InChI is InChI=1S/C13H10F4N2O3/c1-6-7(2-3-8(14)10(6)15)11(19-18)12(20)22-9-4-21-5-13(9,16)17/h2-3,9H,4-5H2,1H3/t9-/m1/s1. The Balaban J connectivity index is 2.28. The highest BCUT2D eigenvalue weighted by Crippen LogP contribution is 2.28. The summed E-state index contributed by atoms with van der Waals surface area (Å²) in [5.74, 6) is -7.19. The molecule has 1 aliphatic heterocycles. The summed E-state index contributed by atoms with van der Waals surface area (Å²) in [6, 6.07) is 1.69. The van der Waals surface area contributed by atoms with Gasteiger partial charge in [-0.3, -0.25) is 0 Å². The molecule has 1 fully saturated rings. The normalized spacial score (nSPS) is 19.6. The zero-order valence-electron chi connectivity index (χ0n) is 11.3. The first-order chi connectivity index (χ1) is 10.3. The molecule has 118 valence electrons. The summed E-state index contributed by atoms with van der Waals surface area (Å²) in [7, 11) is 0. The van der Waals surface area contributed by atoms with Crippen LogP contribution in [0.2, 0.25) is 0 Å². The number of ether oxygens (including phenoxy) is 2. The molecule has 0 spiro atoms. The summed E-state index contributed by atoms with van der Waals surface area (Å²) >= 11 is 0. The average molecular weight is 318 g/mol. The number of halogens is 4. The van der Waals surface area contributed by atoms with Gasteiger partial charge in [0, 0.05) is 5.56 Å². The fourth-order valence-electron chi connectivity index (χ4n) is 1.94. The molecule has 0 bridgehead atoms. The number of alkyl halides is 2. The topological polar surface area (TPSA) is 71.9 Å². The molecule has 1 aromatic rings. The Morgan fingerprint density at radius 1 is 1.45 bits per heavy atom. The van der Waals surface area contributed by atoms with Crippen molar-refractivity contribution >= 4 is 11.7 Å². The summed E-state index contributed by atoms with van der Waals surface area (Å²) in [5.41, 5.74) is 7.49. The van der Waals surface area contributed by atoms with Crippen LogP contribution in [0.5, 0.6) is 0 Å². The van der Waals surface area contributed by atoms with Crippen LogP contribution in [-0.4, -0.2) is 41.7 Å². The van der Waals surface area contributed by atoms with Crippen LogP contribution in [0.1, 0.15) is 11.1 Å². The second kappa shape index (κ2) is 5.86. The predicted molar refractivity (Wildman–Crippen MR) is 64.5 cm³/mol. The molecule has 0 aromatic heterocycles. The minimum absolute atomic E-state index is 0.270. The Kier molecular flexibility index (Phi) is 4.30. The van der Waals surface area contributed by atoms with Crippen molar-refractivity contribution in [3.8, 4) is 0 Å². The van der Waals surface area contributed by atoms with Gasteiger partial charge in [-0.15, -0.1) is 0 Å². The van der Waals surface area contributed by atoms with Crippen molar-refractivity contribution in [2.75, 3.05) is 13.2 Å². The number of benzene rings is 1. The molecule has 0 unspecified atom stereocenters. The van der Waals surface area contributed by atoms with Gasteiger partial charge in [-0.1, -0.05) is 0 Å². The van der Waals surface area contributed by atoms with Crippen molar-refractivity contribution < 1.29 is 36.6 Å². The van der Waals surface area contributed by atoms with Gasteiger partial charge in [0.25, 0.3) is 0 Å². The maximum absolute atomic E-state index is 13.5. The second-order valence-corrected chi connectivity index (χ2v) is 4.65. The van der Waals surface area contributed by atoms with Crippen LogP contribution in [-0.2, 0) is 14.3 Å². The number of hydrogen-bond acceptors (Lipinski definition) is 3. The molecule has 1 atom stereocenters. The fraction of sp³-hybridized carbons (Fsp3) is 0.385. The molecule has 5 nitrogen and oxygen atoms in total. The van der Waals surface area contributed by atoms with Gasteiger partial charge < -0.3 is 15.0 Å². The van der Waals surface area contributed by atoms with E-state index in [1.54, 1.807) is 0 Å². The summed E-state index contributed by atoms with van der Waals surface area (Å²) in [4.78, 5) is 14.5. The van der Waals surface area contributed by atoms with Crippen LogP contribution >= 0.6 is 0 Å². The minimum Gasteiger partial charge on any atom is -0.444 e. The minimum atomic E-state index is -3.38. The van der Waals surface area contributed by atoms with E-state index in [0.29, 0.717) is 6.07 Å². The predicted octanol–water partition coefficient (Wildman–Crippen LogP) is 1.87. The van der Waals surface area contributed by atoms with Crippen molar-refractivity contribution in [2.45, 2.75) is 19.0 Å². The number of hydrogen-bond donors (Lipinski definition) is 0. The van der Waals surface area contributed by atoms with E-state index in [1.165, 1.54) is 0 Å². The lowest BCUT2D eigenvalue weighted by Crippen LogP contribution is -2.38. The van der Waals surface area contributed by atoms with Crippen LogP contribution in [0, 0.1) is 18.6 Å². The summed E-state index contributed by atoms with van der Waals surface area (Å²) in [6.07, 6.45) is -1.85. The van der Waals surface area contributed by atoms with Gasteiger partial charge in [-0.2, -0.15) is 13.6 Å². The largest absolute Gasteiger partial charge is 0.444 e.